The van der Waals surface area contributed by atoms with Crippen molar-refractivity contribution < 1.29 is 9.59 Å². The highest BCUT2D eigenvalue weighted by Crippen LogP contribution is 2.28. The summed E-state index contributed by atoms with van der Waals surface area (Å²) in [4.78, 5) is 25.9. The first-order valence-corrected chi connectivity index (χ1v) is 12.1. The lowest BCUT2D eigenvalue weighted by atomic mass is 9.86. The van der Waals surface area contributed by atoms with Gasteiger partial charge in [0.1, 0.15) is 11.0 Å². The van der Waals surface area contributed by atoms with E-state index in [2.05, 4.69) is 41.6 Å². The molecule has 0 fully saturated rings. The monoisotopic (exact) mass is 484 g/mol. The molecule has 0 unspecified atom stereocenters. The van der Waals surface area contributed by atoms with Crippen LogP contribution in [0.1, 0.15) is 57.0 Å². The topological polar surface area (TPSA) is 84.0 Å². The fourth-order valence-electron chi connectivity index (χ4n) is 3.24. The average molecular weight is 485 g/mol. The SMILES string of the molecule is CC[C@@H](C)[C@@H](NC(=O)c1ccc(C(C)(C)C)cc1)C(=O)Nc1nnc(-c2cccc(Cl)c2)s1. The van der Waals surface area contributed by atoms with Crippen LogP contribution in [0.5, 0.6) is 0 Å². The number of hydrogen-bond acceptors (Lipinski definition) is 5. The maximum Gasteiger partial charge on any atom is 0.251 e. The van der Waals surface area contributed by atoms with Crippen molar-refractivity contribution in [3.8, 4) is 10.6 Å². The maximum atomic E-state index is 13.1. The van der Waals surface area contributed by atoms with E-state index in [9.17, 15) is 9.59 Å². The summed E-state index contributed by atoms with van der Waals surface area (Å²) in [6, 6.07) is 14.1. The van der Waals surface area contributed by atoms with Gasteiger partial charge >= 0.3 is 0 Å². The van der Waals surface area contributed by atoms with Crippen LogP contribution in [-0.2, 0) is 10.2 Å². The molecule has 0 saturated heterocycles. The first-order valence-electron chi connectivity index (χ1n) is 10.9. The second-order valence-electron chi connectivity index (χ2n) is 9.08. The molecule has 1 aromatic heterocycles. The van der Waals surface area contributed by atoms with Crippen LogP contribution >= 0.6 is 22.9 Å². The van der Waals surface area contributed by atoms with Crippen molar-refractivity contribution >= 4 is 39.9 Å². The number of nitrogens with one attached hydrogen (secondary N) is 2. The quantitative estimate of drug-likeness (QED) is 0.434. The van der Waals surface area contributed by atoms with Gasteiger partial charge in [0, 0.05) is 16.1 Å². The molecular formula is C25H29ClN4O2S. The average Bonchev–Trinajstić information content (AvgIpc) is 3.24. The zero-order valence-corrected chi connectivity index (χ0v) is 21.1. The second kappa shape index (κ2) is 10.4. The number of rotatable bonds is 7. The Bertz CT molecular complexity index is 1120. The molecule has 33 heavy (non-hydrogen) atoms. The van der Waals surface area contributed by atoms with E-state index < -0.39 is 6.04 Å². The summed E-state index contributed by atoms with van der Waals surface area (Å²) in [5, 5.41) is 15.5. The van der Waals surface area contributed by atoms with E-state index in [4.69, 9.17) is 11.6 Å². The van der Waals surface area contributed by atoms with Crippen LogP contribution in [0.3, 0.4) is 0 Å². The van der Waals surface area contributed by atoms with Crippen LogP contribution in [0.15, 0.2) is 48.5 Å². The number of nitrogens with zero attached hydrogens (tertiary/aromatic N) is 2. The number of halogens is 1. The molecule has 0 spiro atoms. The van der Waals surface area contributed by atoms with Gasteiger partial charge in [-0.3, -0.25) is 14.9 Å². The summed E-state index contributed by atoms with van der Waals surface area (Å²) < 4.78 is 0. The molecule has 0 bridgehead atoms. The molecule has 2 amide bonds. The number of carbonyl (C=O) groups is 2. The molecule has 2 atom stereocenters. The Balaban J connectivity index is 1.72. The van der Waals surface area contributed by atoms with Crippen molar-refractivity contribution in [3.05, 3.63) is 64.7 Å². The lowest BCUT2D eigenvalue weighted by molar-refractivity contribution is -0.119. The Labute approximate surface area is 203 Å². The summed E-state index contributed by atoms with van der Waals surface area (Å²) in [6.45, 7) is 10.3. The van der Waals surface area contributed by atoms with Crippen molar-refractivity contribution in [3.63, 3.8) is 0 Å². The summed E-state index contributed by atoms with van der Waals surface area (Å²) in [6.07, 6.45) is 0.727. The van der Waals surface area contributed by atoms with Crippen LogP contribution in [-0.4, -0.2) is 28.1 Å². The van der Waals surface area contributed by atoms with E-state index >= 15 is 0 Å². The molecular weight excluding hydrogens is 456 g/mol. The minimum absolute atomic E-state index is 0.000167. The Morgan fingerprint density at radius 3 is 2.39 bits per heavy atom. The first-order chi connectivity index (χ1) is 15.6. The molecule has 0 saturated carbocycles. The summed E-state index contributed by atoms with van der Waals surface area (Å²) in [5.74, 6) is -0.672. The lowest BCUT2D eigenvalue weighted by Crippen LogP contribution is -2.47. The summed E-state index contributed by atoms with van der Waals surface area (Å²) in [7, 11) is 0. The number of amides is 2. The molecule has 3 aromatic rings. The predicted molar refractivity (Wildman–Crippen MR) is 135 cm³/mol. The van der Waals surface area contributed by atoms with Crippen molar-refractivity contribution in [2.24, 2.45) is 5.92 Å². The Hall–Kier alpha value is -2.77. The van der Waals surface area contributed by atoms with Gasteiger partial charge in [-0.05, 0) is 41.2 Å². The highest BCUT2D eigenvalue weighted by molar-refractivity contribution is 7.18. The van der Waals surface area contributed by atoms with E-state index in [1.54, 1.807) is 24.3 Å². The van der Waals surface area contributed by atoms with Gasteiger partial charge < -0.3 is 5.32 Å². The molecule has 3 rings (SSSR count). The van der Waals surface area contributed by atoms with E-state index in [0.717, 1.165) is 17.5 Å². The molecule has 8 heteroatoms. The van der Waals surface area contributed by atoms with Gasteiger partial charge in [0.25, 0.3) is 5.91 Å². The largest absolute Gasteiger partial charge is 0.340 e. The third-order valence-electron chi connectivity index (χ3n) is 5.52. The van der Waals surface area contributed by atoms with Crippen molar-refractivity contribution in [1.82, 2.24) is 15.5 Å². The van der Waals surface area contributed by atoms with Crippen LogP contribution in [0, 0.1) is 5.92 Å². The standard InChI is InChI=1S/C25H29ClN4O2S/c1-6-15(2)20(27-21(31)16-10-12-18(13-11-16)25(3,4)5)22(32)28-24-30-29-23(33-24)17-8-7-9-19(26)14-17/h7-15,20H,6H2,1-5H3,(H,27,31)(H,28,30,32)/t15-,20-/m1/s1. The molecule has 0 radical (unpaired) electrons. The number of carbonyl (C=O) groups excluding carboxylic acids is 2. The molecule has 0 aliphatic carbocycles. The van der Waals surface area contributed by atoms with E-state index in [-0.39, 0.29) is 23.1 Å². The Morgan fingerprint density at radius 1 is 1.09 bits per heavy atom. The molecule has 174 valence electrons. The van der Waals surface area contributed by atoms with Gasteiger partial charge in [-0.25, -0.2) is 0 Å². The van der Waals surface area contributed by atoms with Gasteiger partial charge in [-0.15, -0.1) is 10.2 Å². The van der Waals surface area contributed by atoms with Crippen molar-refractivity contribution in [2.75, 3.05) is 5.32 Å². The number of aromatic nitrogens is 2. The number of benzene rings is 2. The van der Waals surface area contributed by atoms with Crippen LogP contribution in [0.25, 0.3) is 10.6 Å². The van der Waals surface area contributed by atoms with Gasteiger partial charge in [0.2, 0.25) is 11.0 Å². The Kier molecular flexibility index (Phi) is 7.87. The van der Waals surface area contributed by atoms with Gasteiger partial charge in [0.05, 0.1) is 0 Å². The third kappa shape index (κ3) is 6.39. The second-order valence-corrected chi connectivity index (χ2v) is 10.5. The molecule has 1 heterocycles. The molecule has 2 aromatic carbocycles. The van der Waals surface area contributed by atoms with Gasteiger partial charge in [0.15, 0.2) is 0 Å². The number of anilines is 1. The zero-order chi connectivity index (χ0) is 24.2. The fourth-order valence-corrected chi connectivity index (χ4v) is 4.18. The van der Waals surface area contributed by atoms with E-state index in [1.165, 1.54) is 11.3 Å². The van der Waals surface area contributed by atoms with Crippen molar-refractivity contribution in [2.45, 2.75) is 52.5 Å². The van der Waals surface area contributed by atoms with E-state index in [0.29, 0.717) is 20.7 Å². The minimum Gasteiger partial charge on any atom is -0.340 e. The first kappa shape index (κ1) is 24.9. The molecule has 6 nitrogen and oxygen atoms in total. The van der Waals surface area contributed by atoms with Crippen LogP contribution < -0.4 is 10.6 Å². The predicted octanol–water partition coefficient (Wildman–Crippen LogP) is 5.94. The van der Waals surface area contributed by atoms with Crippen LogP contribution in [0.4, 0.5) is 5.13 Å². The smallest absolute Gasteiger partial charge is 0.251 e. The van der Waals surface area contributed by atoms with Crippen LogP contribution in [0.2, 0.25) is 5.02 Å². The van der Waals surface area contributed by atoms with Gasteiger partial charge in [-0.1, -0.05) is 88.2 Å². The van der Waals surface area contributed by atoms with Gasteiger partial charge in [-0.2, -0.15) is 0 Å². The highest BCUT2D eigenvalue weighted by Gasteiger charge is 2.27. The highest BCUT2D eigenvalue weighted by atomic mass is 35.5. The van der Waals surface area contributed by atoms with E-state index in [1.807, 2.05) is 38.1 Å². The summed E-state index contributed by atoms with van der Waals surface area (Å²) >= 11 is 7.31. The third-order valence-corrected chi connectivity index (χ3v) is 6.64. The number of hydrogen-bond donors (Lipinski definition) is 2. The fraction of sp³-hybridized carbons (Fsp3) is 0.360. The molecule has 0 aliphatic heterocycles. The summed E-state index contributed by atoms with van der Waals surface area (Å²) in [5.41, 5.74) is 2.48. The Morgan fingerprint density at radius 2 is 1.79 bits per heavy atom. The zero-order valence-electron chi connectivity index (χ0n) is 19.5. The maximum absolute atomic E-state index is 13.1. The molecule has 0 aliphatic rings. The minimum atomic E-state index is -0.705. The van der Waals surface area contributed by atoms with Crippen molar-refractivity contribution in [1.29, 1.82) is 0 Å². The lowest BCUT2D eigenvalue weighted by Gasteiger charge is -2.23. The normalized spacial score (nSPS) is 13.3. The molecule has 2 N–H and O–H groups in total.